The average Bonchev–Trinajstić information content (AvgIpc) is 1.98. The molecule has 0 aliphatic carbocycles. The summed E-state index contributed by atoms with van der Waals surface area (Å²) in [6, 6.07) is 0. The minimum absolute atomic E-state index is 0.0703. The molecule has 13 heavy (non-hydrogen) atoms. The van der Waals surface area contributed by atoms with Gasteiger partial charge in [0.05, 0.1) is 6.16 Å². The highest BCUT2D eigenvalue weighted by Crippen LogP contribution is 2.39. The molecule has 0 amide bonds. The van der Waals surface area contributed by atoms with Gasteiger partial charge in [-0.05, 0) is 12.3 Å². The highest BCUT2D eigenvalue weighted by atomic mass is 31.2. The third-order valence-electron chi connectivity index (χ3n) is 2.16. The summed E-state index contributed by atoms with van der Waals surface area (Å²) in [6.07, 6.45) is 5.14. The van der Waals surface area contributed by atoms with Crippen LogP contribution in [0.1, 0.15) is 46.0 Å². The molecule has 0 rings (SSSR count). The van der Waals surface area contributed by atoms with Crippen molar-refractivity contribution >= 4 is 7.60 Å². The Balaban J connectivity index is 3.86. The minimum atomic E-state index is -3.79. The Kier molecular flexibility index (Phi) is 6.66. The maximum Gasteiger partial charge on any atom is 0.325 e. The number of unbranched alkanes of at least 4 members (excludes halogenated alkanes) is 1. The van der Waals surface area contributed by atoms with E-state index in [-0.39, 0.29) is 12.1 Å². The second-order valence-corrected chi connectivity index (χ2v) is 5.34. The molecule has 0 aromatic carbocycles. The second-order valence-electron chi connectivity index (χ2n) is 3.64. The lowest BCUT2D eigenvalue weighted by atomic mass is 9.99. The van der Waals surface area contributed by atoms with E-state index < -0.39 is 7.60 Å². The van der Waals surface area contributed by atoms with Crippen molar-refractivity contribution in [1.82, 2.24) is 0 Å². The van der Waals surface area contributed by atoms with Gasteiger partial charge >= 0.3 is 7.60 Å². The van der Waals surface area contributed by atoms with E-state index in [0.717, 1.165) is 32.1 Å². The van der Waals surface area contributed by atoms with Crippen LogP contribution < -0.4 is 0 Å². The molecule has 1 atom stereocenters. The lowest BCUT2D eigenvalue weighted by molar-refractivity contribution is 0.351. The van der Waals surface area contributed by atoms with Gasteiger partial charge in [-0.25, -0.2) is 0 Å². The maximum absolute atomic E-state index is 10.8. The summed E-state index contributed by atoms with van der Waals surface area (Å²) >= 11 is 0. The Bertz CT molecular complexity index is 164. The van der Waals surface area contributed by atoms with Crippen molar-refractivity contribution in [3.63, 3.8) is 0 Å². The van der Waals surface area contributed by atoms with Crippen LogP contribution in [0, 0.1) is 5.92 Å². The second kappa shape index (κ2) is 6.58. The van der Waals surface area contributed by atoms with Crippen molar-refractivity contribution < 1.29 is 14.4 Å². The highest BCUT2D eigenvalue weighted by Gasteiger charge is 2.20. The van der Waals surface area contributed by atoms with Crippen LogP contribution in [0.15, 0.2) is 0 Å². The number of rotatable bonds is 7. The van der Waals surface area contributed by atoms with E-state index in [0.29, 0.717) is 0 Å². The molecule has 1 unspecified atom stereocenters. The molecule has 2 N–H and O–H groups in total. The predicted octanol–water partition coefficient (Wildman–Crippen LogP) is 2.77. The first-order valence-electron chi connectivity index (χ1n) is 5.04. The Labute approximate surface area is 80.7 Å². The smallest absolute Gasteiger partial charge is 0.324 e. The molecule has 0 aliphatic rings. The van der Waals surface area contributed by atoms with Gasteiger partial charge in [0.1, 0.15) is 0 Å². The minimum Gasteiger partial charge on any atom is -0.324 e. The Hall–Kier alpha value is 0.150. The molecule has 0 aromatic heterocycles. The third-order valence-corrected chi connectivity index (χ3v) is 3.15. The van der Waals surface area contributed by atoms with E-state index in [4.69, 9.17) is 9.79 Å². The maximum atomic E-state index is 10.8. The van der Waals surface area contributed by atoms with Gasteiger partial charge in [0.15, 0.2) is 0 Å². The molecule has 0 aromatic rings. The van der Waals surface area contributed by atoms with E-state index in [2.05, 4.69) is 13.8 Å². The zero-order valence-corrected chi connectivity index (χ0v) is 9.46. The molecule has 0 bridgehead atoms. The van der Waals surface area contributed by atoms with Gasteiger partial charge in [-0.2, -0.15) is 0 Å². The van der Waals surface area contributed by atoms with Gasteiger partial charge in [0.2, 0.25) is 0 Å². The topological polar surface area (TPSA) is 57.5 Å². The molecular formula is C9H21O3P. The molecular weight excluding hydrogens is 187 g/mol. The van der Waals surface area contributed by atoms with E-state index >= 15 is 0 Å². The zero-order chi connectivity index (χ0) is 10.3. The van der Waals surface area contributed by atoms with Gasteiger partial charge in [0.25, 0.3) is 0 Å². The first-order chi connectivity index (χ1) is 5.99. The van der Waals surface area contributed by atoms with Crippen LogP contribution in [-0.4, -0.2) is 15.9 Å². The standard InChI is InChI=1S/C9H21O3P/c1-3-5-7-9(6-4-2)8-13(10,11)12/h9H,3-8H2,1-2H3,(H2,10,11,12). The average molecular weight is 208 g/mol. The van der Waals surface area contributed by atoms with Crippen LogP contribution in [0.2, 0.25) is 0 Å². The number of hydrogen-bond donors (Lipinski definition) is 2. The van der Waals surface area contributed by atoms with Gasteiger partial charge in [-0.1, -0.05) is 39.5 Å². The fraction of sp³-hybridized carbons (Fsp3) is 1.00. The summed E-state index contributed by atoms with van der Waals surface area (Å²) in [7, 11) is -3.79. The van der Waals surface area contributed by atoms with Crippen molar-refractivity contribution in [3.05, 3.63) is 0 Å². The fourth-order valence-electron chi connectivity index (χ4n) is 1.56. The molecule has 80 valence electrons. The largest absolute Gasteiger partial charge is 0.325 e. The van der Waals surface area contributed by atoms with E-state index in [1.165, 1.54) is 0 Å². The molecule has 0 heterocycles. The summed E-state index contributed by atoms with van der Waals surface area (Å²) in [5.41, 5.74) is 0. The zero-order valence-electron chi connectivity index (χ0n) is 8.57. The van der Waals surface area contributed by atoms with E-state index in [1.54, 1.807) is 0 Å². The van der Waals surface area contributed by atoms with Crippen LogP contribution in [0.4, 0.5) is 0 Å². The lowest BCUT2D eigenvalue weighted by Crippen LogP contribution is -2.06. The SMILES string of the molecule is CCCCC(CCC)CP(=O)(O)O. The van der Waals surface area contributed by atoms with Gasteiger partial charge in [-0.15, -0.1) is 0 Å². The highest BCUT2D eigenvalue weighted by molar-refractivity contribution is 7.51. The van der Waals surface area contributed by atoms with Crippen LogP contribution in [0.3, 0.4) is 0 Å². The normalized spacial score (nSPS) is 14.5. The molecule has 4 heteroatoms. The molecule has 0 fully saturated rings. The van der Waals surface area contributed by atoms with Crippen LogP contribution in [0.5, 0.6) is 0 Å². The summed E-state index contributed by atoms with van der Waals surface area (Å²) in [5.74, 6) is 0.214. The van der Waals surface area contributed by atoms with Crippen molar-refractivity contribution in [1.29, 1.82) is 0 Å². The predicted molar refractivity (Wildman–Crippen MR) is 54.8 cm³/mol. The molecule has 0 spiro atoms. The monoisotopic (exact) mass is 208 g/mol. The number of hydrogen-bond acceptors (Lipinski definition) is 1. The Morgan fingerprint density at radius 2 is 1.77 bits per heavy atom. The van der Waals surface area contributed by atoms with Crippen LogP contribution in [0.25, 0.3) is 0 Å². The van der Waals surface area contributed by atoms with Crippen molar-refractivity contribution in [2.45, 2.75) is 46.0 Å². The first-order valence-corrected chi connectivity index (χ1v) is 6.84. The van der Waals surface area contributed by atoms with Crippen molar-refractivity contribution in [2.24, 2.45) is 5.92 Å². The summed E-state index contributed by atoms with van der Waals surface area (Å²) in [4.78, 5) is 17.7. The van der Waals surface area contributed by atoms with Crippen LogP contribution in [-0.2, 0) is 4.57 Å². The summed E-state index contributed by atoms with van der Waals surface area (Å²) in [6.45, 7) is 4.15. The van der Waals surface area contributed by atoms with Crippen molar-refractivity contribution in [2.75, 3.05) is 6.16 Å². The summed E-state index contributed by atoms with van der Waals surface area (Å²) < 4.78 is 10.8. The van der Waals surface area contributed by atoms with Crippen molar-refractivity contribution in [3.8, 4) is 0 Å². The fourth-order valence-corrected chi connectivity index (χ4v) is 2.60. The van der Waals surface area contributed by atoms with E-state index in [9.17, 15) is 4.57 Å². The first kappa shape index (κ1) is 13.2. The van der Waals surface area contributed by atoms with Gasteiger partial charge in [-0.3, -0.25) is 4.57 Å². The molecule has 0 aliphatic heterocycles. The molecule has 3 nitrogen and oxygen atoms in total. The molecule has 0 saturated carbocycles. The third kappa shape index (κ3) is 8.48. The van der Waals surface area contributed by atoms with E-state index in [1.807, 2.05) is 0 Å². The van der Waals surface area contributed by atoms with Gasteiger partial charge in [0, 0.05) is 0 Å². The van der Waals surface area contributed by atoms with Gasteiger partial charge < -0.3 is 9.79 Å². The quantitative estimate of drug-likeness (QED) is 0.632. The Morgan fingerprint density at radius 3 is 2.15 bits per heavy atom. The Morgan fingerprint density at radius 1 is 1.15 bits per heavy atom. The lowest BCUT2D eigenvalue weighted by Gasteiger charge is -2.15. The summed E-state index contributed by atoms with van der Waals surface area (Å²) in [5, 5.41) is 0. The van der Waals surface area contributed by atoms with Crippen LogP contribution >= 0.6 is 7.60 Å². The molecule has 0 radical (unpaired) electrons. The molecule has 0 saturated heterocycles.